The van der Waals surface area contributed by atoms with Gasteiger partial charge >= 0.3 is 6.03 Å². The highest BCUT2D eigenvalue weighted by molar-refractivity contribution is 5.85. The van der Waals surface area contributed by atoms with Crippen LogP contribution in [0.5, 0.6) is 11.5 Å². The van der Waals surface area contributed by atoms with Gasteiger partial charge in [-0.1, -0.05) is 42.0 Å². The van der Waals surface area contributed by atoms with Crippen molar-refractivity contribution >= 4 is 11.9 Å². The van der Waals surface area contributed by atoms with Crippen molar-refractivity contribution in [3.05, 3.63) is 59.2 Å². The van der Waals surface area contributed by atoms with Crippen LogP contribution in [0.25, 0.3) is 0 Å². The van der Waals surface area contributed by atoms with E-state index in [0.29, 0.717) is 31.1 Å². The molecule has 1 unspecified atom stereocenters. The second-order valence-electron chi connectivity index (χ2n) is 8.26. The summed E-state index contributed by atoms with van der Waals surface area (Å²) in [7, 11) is 0. The Kier molecular flexibility index (Phi) is 5.76. The normalized spacial score (nSPS) is 21.6. The van der Waals surface area contributed by atoms with Gasteiger partial charge in [0.2, 0.25) is 5.91 Å². The molecule has 3 amide bonds. The van der Waals surface area contributed by atoms with Gasteiger partial charge in [-0.3, -0.25) is 9.69 Å². The maximum Gasteiger partial charge on any atom is 0.321 e. The summed E-state index contributed by atoms with van der Waals surface area (Å²) in [5, 5.41) is 5.93. The highest BCUT2D eigenvalue weighted by Gasteiger charge is 2.50. The molecule has 0 aliphatic carbocycles. The van der Waals surface area contributed by atoms with Crippen LogP contribution in [0.2, 0.25) is 0 Å². The van der Waals surface area contributed by atoms with Crippen molar-refractivity contribution < 1.29 is 19.1 Å². The lowest BCUT2D eigenvalue weighted by Gasteiger charge is -2.50. The molecule has 2 aromatic rings. The number of ether oxygens (including phenoxy) is 2. The van der Waals surface area contributed by atoms with Crippen LogP contribution in [0, 0.1) is 6.92 Å². The summed E-state index contributed by atoms with van der Waals surface area (Å²) < 4.78 is 12.0. The molecular weight excluding hydrogens is 394 g/mol. The Morgan fingerprint density at radius 2 is 2.06 bits per heavy atom. The minimum Gasteiger partial charge on any atom is -0.490 e. The highest BCUT2D eigenvalue weighted by Crippen LogP contribution is 2.47. The largest absolute Gasteiger partial charge is 0.490 e. The second-order valence-corrected chi connectivity index (χ2v) is 8.26. The van der Waals surface area contributed by atoms with Crippen molar-refractivity contribution in [2.24, 2.45) is 0 Å². The summed E-state index contributed by atoms with van der Waals surface area (Å²) in [6, 6.07) is 13.4. The standard InChI is InChI=1S/C24H29N3O4/c1-4-30-20-7-5-6-18-19-14-24(3,31-22(18)20)27(23(29)26-19)15-21(28)25-13-12-17-10-8-16(2)9-11-17/h5-11,19H,4,12-15H2,1-3H3,(H,25,28)(H,26,29)/t19?,24-/m1/s1. The third-order valence-electron chi connectivity index (χ3n) is 5.86. The minimum absolute atomic E-state index is 0.0743. The van der Waals surface area contributed by atoms with Crippen molar-refractivity contribution in [2.45, 2.75) is 45.4 Å². The number of carbonyl (C=O) groups excluding carboxylic acids is 2. The average molecular weight is 424 g/mol. The molecular formula is C24H29N3O4. The smallest absolute Gasteiger partial charge is 0.321 e. The van der Waals surface area contributed by atoms with Gasteiger partial charge in [0.25, 0.3) is 0 Å². The van der Waals surface area contributed by atoms with E-state index >= 15 is 0 Å². The Morgan fingerprint density at radius 1 is 1.29 bits per heavy atom. The van der Waals surface area contributed by atoms with Crippen molar-refractivity contribution in [3.8, 4) is 11.5 Å². The zero-order valence-electron chi connectivity index (χ0n) is 18.2. The fraction of sp³-hybridized carbons (Fsp3) is 0.417. The molecule has 2 heterocycles. The number of rotatable bonds is 7. The fourth-order valence-electron chi connectivity index (χ4n) is 4.21. The van der Waals surface area contributed by atoms with Gasteiger partial charge in [-0.25, -0.2) is 4.79 Å². The van der Waals surface area contributed by atoms with E-state index in [2.05, 4.69) is 34.9 Å². The van der Waals surface area contributed by atoms with Crippen LogP contribution in [0.1, 0.15) is 43.0 Å². The van der Waals surface area contributed by atoms with Crippen LogP contribution >= 0.6 is 0 Å². The lowest BCUT2D eigenvalue weighted by Crippen LogP contribution is -2.66. The third kappa shape index (κ3) is 4.31. The number of nitrogens with one attached hydrogen (secondary N) is 2. The van der Waals surface area contributed by atoms with Crippen molar-refractivity contribution in [3.63, 3.8) is 0 Å². The lowest BCUT2D eigenvalue weighted by atomic mass is 9.90. The van der Waals surface area contributed by atoms with Crippen molar-refractivity contribution in [2.75, 3.05) is 19.7 Å². The molecule has 1 saturated heterocycles. The van der Waals surface area contributed by atoms with Crippen molar-refractivity contribution in [1.82, 2.24) is 15.5 Å². The van der Waals surface area contributed by atoms with Gasteiger partial charge < -0.3 is 20.1 Å². The van der Waals surface area contributed by atoms with Crippen LogP contribution in [-0.4, -0.2) is 42.3 Å². The molecule has 2 bridgehead atoms. The molecule has 7 nitrogen and oxygen atoms in total. The molecule has 7 heteroatoms. The van der Waals surface area contributed by atoms with Gasteiger partial charge in [-0.2, -0.15) is 0 Å². The van der Waals surface area contributed by atoms with E-state index in [1.165, 1.54) is 10.5 Å². The quantitative estimate of drug-likeness (QED) is 0.716. The maximum atomic E-state index is 12.8. The number of amides is 3. The first-order chi connectivity index (χ1) is 14.9. The summed E-state index contributed by atoms with van der Waals surface area (Å²) in [5.41, 5.74) is 2.34. The highest BCUT2D eigenvalue weighted by atomic mass is 16.5. The topological polar surface area (TPSA) is 79.9 Å². The Labute approximate surface area is 182 Å². The van der Waals surface area contributed by atoms with Crippen LogP contribution in [0.3, 0.4) is 0 Å². The van der Waals surface area contributed by atoms with E-state index in [0.717, 1.165) is 17.5 Å². The zero-order valence-corrected chi connectivity index (χ0v) is 18.2. The van der Waals surface area contributed by atoms with E-state index in [1.54, 1.807) is 0 Å². The molecule has 0 radical (unpaired) electrons. The van der Waals surface area contributed by atoms with E-state index < -0.39 is 5.72 Å². The molecule has 2 aromatic carbocycles. The van der Waals surface area contributed by atoms with Gasteiger partial charge in [0.05, 0.1) is 12.6 Å². The molecule has 0 spiro atoms. The second kappa shape index (κ2) is 8.49. The Hall–Kier alpha value is -3.22. The molecule has 4 rings (SSSR count). The first kappa shape index (κ1) is 21.0. The van der Waals surface area contributed by atoms with Crippen molar-refractivity contribution in [1.29, 1.82) is 0 Å². The number of nitrogens with zero attached hydrogens (tertiary/aromatic N) is 1. The van der Waals surface area contributed by atoms with E-state index in [1.807, 2.05) is 39.0 Å². The fourth-order valence-corrected chi connectivity index (χ4v) is 4.21. The number of hydrogen-bond acceptors (Lipinski definition) is 4. The van der Waals surface area contributed by atoms with Crippen LogP contribution in [0.15, 0.2) is 42.5 Å². The average Bonchev–Trinajstić information content (AvgIpc) is 2.73. The molecule has 2 aliphatic rings. The first-order valence-electron chi connectivity index (χ1n) is 10.7. The van der Waals surface area contributed by atoms with Gasteiger partial charge in [0.1, 0.15) is 6.54 Å². The Balaban J connectivity index is 1.43. The molecule has 2 N–H and O–H groups in total. The number of aryl methyl sites for hydroxylation is 1. The van der Waals surface area contributed by atoms with Gasteiger partial charge in [-0.05, 0) is 38.8 Å². The summed E-state index contributed by atoms with van der Waals surface area (Å²) in [6.07, 6.45) is 1.29. The van der Waals surface area contributed by atoms with Gasteiger partial charge in [0.15, 0.2) is 17.2 Å². The number of carbonyl (C=O) groups is 2. The van der Waals surface area contributed by atoms with Crippen LogP contribution in [0.4, 0.5) is 4.79 Å². The number of fused-ring (bicyclic) bond motifs is 4. The minimum atomic E-state index is -0.929. The first-order valence-corrected chi connectivity index (χ1v) is 10.7. The molecule has 2 aliphatic heterocycles. The van der Waals surface area contributed by atoms with Gasteiger partial charge in [-0.15, -0.1) is 0 Å². The summed E-state index contributed by atoms with van der Waals surface area (Å²) in [6.45, 7) is 6.76. The molecule has 1 fully saturated rings. The monoisotopic (exact) mass is 423 g/mol. The third-order valence-corrected chi connectivity index (χ3v) is 5.86. The lowest BCUT2D eigenvalue weighted by molar-refractivity contribution is -0.130. The maximum absolute atomic E-state index is 12.8. The predicted molar refractivity (Wildman–Crippen MR) is 117 cm³/mol. The number of urea groups is 1. The number of hydrogen-bond donors (Lipinski definition) is 2. The van der Waals surface area contributed by atoms with E-state index in [9.17, 15) is 9.59 Å². The van der Waals surface area contributed by atoms with E-state index in [-0.39, 0.29) is 24.5 Å². The Bertz CT molecular complexity index is 975. The SMILES string of the molecule is CCOc1cccc2c1O[C@]1(C)CC2NC(=O)N1CC(=O)NCCc1ccc(C)cc1. The molecule has 0 aromatic heterocycles. The van der Waals surface area contributed by atoms with Crippen LogP contribution < -0.4 is 20.1 Å². The summed E-state index contributed by atoms with van der Waals surface area (Å²) in [5.74, 6) is 1.07. The van der Waals surface area contributed by atoms with E-state index in [4.69, 9.17) is 9.47 Å². The summed E-state index contributed by atoms with van der Waals surface area (Å²) in [4.78, 5) is 26.9. The van der Waals surface area contributed by atoms with Gasteiger partial charge in [0, 0.05) is 18.5 Å². The summed E-state index contributed by atoms with van der Waals surface area (Å²) >= 11 is 0. The number of benzene rings is 2. The molecule has 2 atom stereocenters. The number of para-hydroxylation sites is 1. The molecule has 31 heavy (non-hydrogen) atoms. The molecule has 0 saturated carbocycles. The Morgan fingerprint density at radius 3 is 2.81 bits per heavy atom. The van der Waals surface area contributed by atoms with Crippen LogP contribution in [-0.2, 0) is 11.2 Å². The predicted octanol–water partition coefficient (Wildman–Crippen LogP) is 3.32. The molecule has 164 valence electrons. The zero-order chi connectivity index (χ0) is 22.0.